The molecule has 0 radical (unpaired) electrons. The van der Waals surface area contributed by atoms with E-state index in [1.807, 2.05) is 50.2 Å². The van der Waals surface area contributed by atoms with Crippen molar-refractivity contribution in [3.05, 3.63) is 60.3 Å². The van der Waals surface area contributed by atoms with Gasteiger partial charge in [0.15, 0.2) is 5.82 Å². The van der Waals surface area contributed by atoms with Gasteiger partial charge in [0, 0.05) is 12.2 Å². The summed E-state index contributed by atoms with van der Waals surface area (Å²) >= 11 is 0. The van der Waals surface area contributed by atoms with E-state index in [0.717, 1.165) is 30.2 Å². The van der Waals surface area contributed by atoms with Gasteiger partial charge in [0.1, 0.15) is 11.5 Å². The first-order valence-corrected chi connectivity index (χ1v) is 9.22. The average molecular weight is 379 g/mol. The van der Waals surface area contributed by atoms with Crippen LogP contribution in [0, 0.1) is 0 Å². The van der Waals surface area contributed by atoms with Gasteiger partial charge in [-0.1, -0.05) is 12.1 Å². The highest BCUT2D eigenvalue weighted by atomic mass is 16.5. The Labute approximate surface area is 165 Å². The van der Waals surface area contributed by atoms with Crippen LogP contribution in [-0.4, -0.2) is 34.9 Å². The van der Waals surface area contributed by atoms with Crippen LogP contribution >= 0.6 is 0 Å². The van der Waals surface area contributed by atoms with Crippen LogP contribution in [0.3, 0.4) is 0 Å². The second kappa shape index (κ2) is 9.55. The zero-order valence-corrected chi connectivity index (χ0v) is 16.3. The molecule has 7 nitrogen and oxygen atoms in total. The highest BCUT2D eigenvalue weighted by Gasteiger charge is 2.03. The van der Waals surface area contributed by atoms with Gasteiger partial charge in [0.25, 0.3) is 0 Å². The molecule has 0 saturated carbocycles. The standard InChI is InChI=1S/C21H25N5O2/c1-15(2)28-19-10-6-17(7-11-19)24-21-25-20(14-23-26-21)22-13-12-16-4-8-18(27-3)9-5-16/h4-11,14-15H,12-13H2,1-3H3,(H2,22,24,25,26). The van der Waals surface area contributed by atoms with E-state index < -0.39 is 0 Å². The van der Waals surface area contributed by atoms with Crippen LogP contribution in [-0.2, 0) is 6.42 Å². The van der Waals surface area contributed by atoms with Gasteiger partial charge in [-0.15, -0.1) is 5.10 Å². The van der Waals surface area contributed by atoms with Crippen molar-refractivity contribution in [2.75, 3.05) is 24.3 Å². The average Bonchev–Trinajstić information content (AvgIpc) is 2.70. The van der Waals surface area contributed by atoms with E-state index in [-0.39, 0.29) is 6.10 Å². The molecule has 0 unspecified atom stereocenters. The molecule has 0 aliphatic carbocycles. The first-order chi connectivity index (χ1) is 13.6. The number of rotatable bonds is 9. The third-order valence-corrected chi connectivity index (χ3v) is 3.92. The van der Waals surface area contributed by atoms with Gasteiger partial charge in [-0.25, -0.2) is 0 Å². The molecular weight excluding hydrogens is 354 g/mol. The Hall–Kier alpha value is -3.35. The third-order valence-electron chi connectivity index (χ3n) is 3.92. The van der Waals surface area contributed by atoms with E-state index >= 15 is 0 Å². The topological polar surface area (TPSA) is 81.2 Å². The van der Waals surface area contributed by atoms with Crippen LogP contribution in [0.1, 0.15) is 19.4 Å². The first-order valence-electron chi connectivity index (χ1n) is 9.22. The fourth-order valence-corrected chi connectivity index (χ4v) is 2.59. The fraction of sp³-hybridized carbons (Fsp3) is 0.286. The summed E-state index contributed by atoms with van der Waals surface area (Å²) in [5, 5.41) is 14.5. The molecule has 1 aromatic heterocycles. The predicted octanol–water partition coefficient (Wildman–Crippen LogP) is 4.07. The number of benzene rings is 2. The Kier molecular flexibility index (Phi) is 6.62. The van der Waals surface area contributed by atoms with Crippen LogP contribution in [0.25, 0.3) is 0 Å². The van der Waals surface area contributed by atoms with Crippen LogP contribution in [0.15, 0.2) is 54.7 Å². The molecule has 7 heteroatoms. The third kappa shape index (κ3) is 5.84. The molecular formula is C21H25N5O2. The Balaban J connectivity index is 1.53. The minimum Gasteiger partial charge on any atom is -0.497 e. The number of nitrogens with zero attached hydrogens (tertiary/aromatic N) is 3. The number of ether oxygens (including phenoxy) is 2. The van der Waals surface area contributed by atoms with Crippen molar-refractivity contribution in [2.45, 2.75) is 26.4 Å². The molecule has 0 amide bonds. The highest BCUT2D eigenvalue weighted by molar-refractivity contribution is 5.55. The van der Waals surface area contributed by atoms with Gasteiger partial charge in [-0.05, 0) is 62.2 Å². The minimum absolute atomic E-state index is 0.145. The zero-order valence-electron chi connectivity index (χ0n) is 16.3. The normalized spacial score (nSPS) is 10.6. The number of nitrogens with one attached hydrogen (secondary N) is 2. The van der Waals surface area contributed by atoms with Crippen LogP contribution in [0.2, 0.25) is 0 Å². The molecule has 2 aromatic carbocycles. The Morgan fingerprint density at radius 2 is 1.68 bits per heavy atom. The van der Waals surface area contributed by atoms with Crippen molar-refractivity contribution >= 4 is 17.5 Å². The zero-order chi connectivity index (χ0) is 19.8. The highest BCUT2D eigenvalue weighted by Crippen LogP contribution is 2.19. The van der Waals surface area contributed by atoms with Gasteiger partial charge in [0.2, 0.25) is 5.95 Å². The summed E-state index contributed by atoms with van der Waals surface area (Å²) in [6.45, 7) is 4.74. The summed E-state index contributed by atoms with van der Waals surface area (Å²) in [7, 11) is 1.66. The van der Waals surface area contributed by atoms with Gasteiger partial charge >= 0.3 is 0 Å². The van der Waals surface area contributed by atoms with Gasteiger partial charge in [-0.2, -0.15) is 10.1 Å². The lowest BCUT2D eigenvalue weighted by Gasteiger charge is -2.11. The Morgan fingerprint density at radius 1 is 0.964 bits per heavy atom. The quantitative estimate of drug-likeness (QED) is 0.580. The molecule has 0 saturated heterocycles. The maximum atomic E-state index is 5.64. The summed E-state index contributed by atoms with van der Waals surface area (Å²) in [4.78, 5) is 4.45. The van der Waals surface area contributed by atoms with Gasteiger partial charge in [0.05, 0.1) is 19.4 Å². The molecule has 0 fully saturated rings. The largest absolute Gasteiger partial charge is 0.497 e. The molecule has 0 aliphatic rings. The molecule has 0 atom stereocenters. The van der Waals surface area contributed by atoms with E-state index in [1.54, 1.807) is 13.3 Å². The van der Waals surface area contributed by atoms with Gasteiger partial charge in [-0.3, -0.25) is 0 Å². The summed E-state index contributed by atoms with van der Waals surface area (Å²) in [6.07, 6.45) is 2.62. The summed E-state index contributed by atoms with van der Waals surface area (Å²) in [5.74, 6) is 2.79. The molecule has 3 aromatic rings. The van der Waals surface area contributed by atoms with Crippen molar-refractivity contribution in [3.8, 4) is 11.5 Å². The predicted molar refractivity (Wildman–Crippen MR) is 111 cm³/mol. The van der Waals surface area contributed by atoms with E-state index in [2.05, 4.69) is 37.9 Å². The molecule has 146 valence electrons. The lowest BCUT2D eigenvalue weighted by molar-refractivity contribution is 0.242. The van der Waals surface area contributed by atoms with E-state index in [1.165, 1.54) is 5.56 Å². The van der Waals surface area contributed by atoms with Crippen molar-refractivity contribution in [1.29, 1.82) is 0 Å². The van der Waals surface area contributed by atoms with E-state index in [4.69, 9.17) is 9.47 Å². The molecule has 2 N–H and O–H groups in total. The molecule has 0 aliphatic heterocycles. The Morgan fingerprint density at radius 3 is 2.36 bits per heavy atom. The summed E-state index contributed by atoms with van der Waals surface area (Å²) in [6, 6.07) is 15.7. The number of anilines is 3. The van der Waals surface area contributed by atoms with Crippen molar-refractivity contribution in [2.24, 2.45) is 0 Å². The fourth-order valence-electron chi connectivity index (χ4n) is 2.59. The summed E-state index contributed by atoms with van der Waals surface area (Å²) in [5.41, 5.74) is 2.09. The van der Waals surface area contributed by atoms with E-state index in [0.29, 0.717) is 11.8 Å². The lowest BCUT2D eigenvalue weighted by atomic mass is 10.1. The van der Waals surface area contributed by atoms with Crippen molar-refractivity contribution in [1.82, 2.24) is 15.2 Å². The maximum absolute atomic E-state index is 5.64. The van der Waals surface area contributed by atoms with Crippen molar-refractivity contribution < 1.29 is 9.47 Å². The monoisotopic (exact) mass is 379 g/mol. The SMILES string of the molecule is COc1ccc(CCNc2cnnc(Nc3ccc(OC(C)C)cc3)n2)cc1. The molecule has 3 rings (SSSR count). The Bertz CT molecular complexity index is 867. The second-order valence-electron chi connectivity index (χ2n) is 6.51. The van der Waals surface area contributed by atoms with Crippen LogP contribution < -0.4 is 20.1 Å². The number of hydrogen-bond donors (Lipinski definition) is 2. The smallest absolute Gasteiger partial charge is 0.249 e. The minimum atomic E-state index is 0.145. The summed E-state index contributed by atoms with van der Waals surface area (Å²) < 4.78 is 10.8. The number of aromatic nitrogens is 3. The van der Waals surface area contributed by atoms with Crippen LogP contribution in [0.4, 0.5) is 17.5 Å². The molecule has 1 heterocycles. The molecule has 28 heavy (non-hydrogen) atoms. The first kappa shape index (κ1) is 19.4. The molecule has 0 spiro atoms. The van der Waals surface area contributed by atoms with Gasteiger partial charge < -0.3 is 20.1 Å². The maximum Gasteiger partial charge on any atom is 0.249 e. The molecule has 0 bridgehead atoms. The van der Waals surface area contributed by atoms with Crippen molar-refractivity contribution in [3.63, 3.8) is 0 Å². The van der Waals surface area contributed by atoms with E-state index in [9.17, 15) is 0 Å². The van der Waals surface area contributed by atoms with Crippen LogP contribution in [0.5, 0.6) is 11.5 Å². The lowest BCUT2D eigenvalue weighted by Crippen LogP contribution is -2.09. The number of hydrogen-bond acceptors (Lipinski definition) is 7. The second-order valence-corrected chi connectivity index (χ2v) is 6.51. The number of methoxy groups -OCH3 is 1.